The van der Waals surface area contributed by atoms with Gasteiger partial charge in [-0.25, -0.2) is 0 Å². The van der Waals surface area contributed by atoms with E-state index in [0.29, 0.717) is 5.92 Å². The van der Waals surface area contributed by atoms with E-state index in [1.54, 1.807) is 0 Å². The summed E-state index contributed by atoms with van der Waals surface area (Å²) >= 11 is 0. The summed E-state index contributed by atoms with van der Waals surface area (Å²) in [5, 5.41) is 0. The van der Waals surface area contributed by atoms with Gasteiger partial charge in [-0.3, -0.25) is 0 Å². The lowest BCUT2D eigenvalue weighted by Crippen LogP contribution is -2.43. The Hall–Kier alpha value is -1.08. The maximum atomic E-state index is 6.53. The van der Waals surface area contributed by atoms with E-state index in [9.17, 15) is 0 Å². The van der Waals surface area contributed by atoms with Gasteiger partial charge >= 0.3 is 0 Å². The fraction of sp³-hybridized carbons (Fsp3) is 0.636. The molecular weight excluding hydrogens is 278 g/mol. The maximum absolute atomic E-state index is 6.53. The van der Waals surface area contributed by atoms with Crippen LogP contribution in [0.25, 0.3) is 0 Å². The van der Waals surface area contributed by atoms with Gasteiger partial charge in [0.05, 0.1) is 0 Å². The Morgan fingerprint density at radius 3 is 2.30 bits per heavy atom. The minimum Gasteiger partial charge on any atom is -0.324 e. The van der Waals surface area contributed by atoms with Crippen LogP contribution in [0.4, 0.5) is 0 Å². The Bertz CT molecular complexity index is 473. The highest BCUT2D eigenvalue weighted by Crippen LogP contribution is 2.33. The third-order valence-electron chi connectivity index (χ3n) is 5.56. The van der Waals surface area contributed by atoms with Crippen LogP contribution in [0, 0.1) is 5.92 Å². The molecule has 0 saturated heterocycles. The summed E-state index contributed by atoms with van der Waals surface area (Å²) < 4.78 is 0. The summed E-state index contributed by atoms with van der Waals surface area (Å²) in [6, 6.07) is 9.28. The van der Waals surface area contributed by atoms with Crippen molar-refractivity contribution in [2.75, 3.05) is 0 Å². The van der Waals surface area contributed by atoms with Crippen LogP contribution in [0.2, 0.25) is 0 Å². The van der Waals surface area contributed by atoms with Crippen LogP contribution in [-0.2, 0) is 12.8 Å². The molecule has 1 aromatic rings. The average molecular weight is 314 g/mol. The summed E-state index contributed by atoms with van der Waals surface area (Å²) in [5.74, 6) is 0.497. The van der Waals surface area contributed by atoms with E-state index in [1.807, 2.05) is 0 Å². The second-order valence-corrected chi connectivity index (χ2v) is 7.36. The van der Waals surface area contributed by atoms with Gasteiger partial charge in [-0.2, -0.15) is 0 Å². The number of nitrogens with two attached hydrogens (primary N) is 1. The Morgan fingerprint density at radius 1 is 0.957 bits per heavy atom. The van der Waals surface area contributed by atoms with Crippen LogP contribution in [0.1, 0.15) is 76.3 Å². The molecule has 0 heterocycles. The summed E-state index contributed by atoms with van der Waals surface area (Å²) in [5.41, 5.74) is 9.43. The molecule has 0 fully saturated rings. The zero-order valence-corrected chi connectivity index (χ0v) is 15.2. The van der Waals surface area contributed by atoms with Gasteiger partial charge in [-0.1, -0.05) is 82.4 Å². The first-order valence-corrected chi connectivity index (χ1v) is 9.71. The Labute approximate surface area is 143 Å². The zero-order valence-electron chi connectivity index (χ0n) is 15.2. The van der Waals surface area contributed by atoms with Crippen LogP contribution in [0.3, 0.4) is 0 Å². The quantitative estimate of drug-likeness (QED) is 0.428. The molecule has 0 bridgehead atoms. The fourth-order valence-corrected chi connectivity index (χ4v) is 3.68. The second kappa shape index (κ2) is 9.27. The Kier molecular flexibility index (Phi) is 7.36. The smallest absolute Gasteiger partial charge is 0.0253 e. The van der Waals surface area contributed by atoms with Gasteiger partial charge in [0.2, 0.25) is 0 Å². The molecular formula is C22H35N. The first-order valence-electron chi connectivity index (χ1n) is 9.71. The number of benzene rings is 1. The van der Waals surface area contributed by atoms with Crippen LogP contribution < -0.4 is 5.73 Å². The molecule has 0 aromatic heterocycles. The maximum Gasteiger partial charge on any atom is 0.0253 e. The highest BCUT2D eigenvalue weighted by Gasteiger charge is 2.33. The monoisotopic (exact) mass is 313 g/mol. The molecule has 1 aromatic carbocycles. The largest absolute Gasteiger partial charge is 0.324 e. The molecule has 2 atom stereocenters. The molecule has 23 heavy (non-hydrogen) atoms. The van der Waals surface area contributed by atoms with E-state index < -0.39 is 0 Å². The lowest BCUT2D eigenvalue weighted by Gasteiger charge is -2.30. The van der Waals surface area contributed by atoms with Crippen molar-refractivity contribution in [2.45, 2.75) is 83.6 Å². The van der Waals surface area contributed by atoms with Crippen LogP contribution >= 0.6 is 0 Å². The highest BCUT2D eigenvalue weighted by atomic mass is 14.8. The van der Waals surface area contributed by atoms with Crippen molar-refractivity contribution in [2.24, 2.45) is 11.7 Å². The van der Waals surface area contributed by atoms with E-state index in [0.717, 1.165) is 19.3 Å². The number of hydrogen-bond donors (Lipinski definition) is 1. The van der Waals surface area contributed by atoms with E-state index in [4.69, 9.17) is 5.73 Å². The minimum absolute atomic E-state index is 0.0167. The number of hydrogen-bond acceptors (Lipinski definition) is 1. The molecule has 0 radical (unpaired) electrons. The van der Waals surface area contributed by atoms with Crippen molar-refractivity contribution < 1.29 is 0 Å². The first-order chi connectivity index (χ1) is 11.2. The molecule has 128 valence electrons. The van der Waals surface area contributed by atoms with E-state index in [-0.39, 0.29) is 5.54 Å². The molecule has 1 nitrogen and oxygen atoms in total. The van der Waals surface area contributed by atoms with Gasteiger partial charge in [-0.15, -0.1) is 0 Å². The summed E-state index contributed by atoms with van der Waals surface area (Å²) in [6.07, 6.45) is 17.2. The molecule has 1 aliphatic carbocycles. The molecule has 2 unspecified atom stereocenters. The fourth-order valence-electron chi connectivity index (χ4n) is 3.68. The predicted molar refractivity (Wildman–Crippen MR) is 102 cm³/mol. The standard InChI is InChI=1S/C22H35N/c1-3-5-6-7-8-9-11-19-13-15-20(16-14-19)18-21-12-10-17-22(21,23)4-2/h10,12-16,21H,3-9,11,17-18,23H2,1-2H3. The number of rotatable bonds is 10. The summed E-state index contributed by atoms with van der Waals surface area (Å²) in [4.78, 5) is 0. The number of aryl methyl sites for hydroxylation is 1. The Morgan fingerprint density at radius 2 is 1.61 bits per heavy atom. The third kappa shape index (κ3) is 5.49. The normalized spacial score (nSPS) is 23.5. The molecule has 0 spiro atoms. The van der Waals surface area contributed by atoms with Crippen LogP contribution in [0.5, 0.6) is 0 Å². The van der Waals surface area contributed by atoms with E-state index >= 15 is 0 Å². The molecule has 0 aliphatic heterocycles. The Balaban J connectivity index is 1.75. The molecule has 0 amide bonds. The van der Waals surface area contributed by atoms with Crippen LogP contribution in [-0.4, -0.2) is 5.54 Å². The zero-order chi connectivity index (χ0) is 16.5. The van der Waals surface area contributed by atoms with Gasteiger partial charge in [0.25, 0.3) is 0 Å². The molecule has 0 saturated carbocycles. The molecule has 2 N–H and O–H groups in total. The minimum atomic E-state index is -0.0167. The van der Waals surface area contributed by atoms with Gasteiger partial charge in [0, 0.05) is 5.54 Å². The van der Waals surface area contributed by atoms with Gasteiger partial charge in [-0.05, 0) is 49.1 Å². The van der Waals surface area contributed by atoms with Crippen LogP contribution in [0.15, 0.2) is 36.4 Å². The molecule has 1 heteroatoms. The average Bonchev–Trinajstić information content (AvgIpc) is 2.94. The molecule has 1 aliphatic rings. The lowest BCUT2D eigenvalue weighted by molar-refractivity contribution is 0.330. The molecule has 2 rings (SSSR count). The second-order valence-electron chi connectivity index (χ2n) is 7.36. The predicted octanol–water partition coefficient (Wildman–Crippen LogP) is 5.82. The summed E-state index contributed by atoms with van der Waals surface area (Å²) in [6.45, 7) is 4.49. The van der Waals surface area contributed by atoms with Gasteiger partial charge < -0.3 is 5.73 Å². The summed E-state index contributed by atoms with van der Waals surface area (Å²) in [7, 11) is 0. The lowest BCUT2D eigenvalue weighted by atomic mass is 9.81. The van der Waals surface area contributed by atoms with Crippen molar-refractivity contribution in [1.82, 2.24) is 0 Å². The first kappa shape index (κ1) is 18.3. The number of unbranched alkanes of at least 4 members (excludes halogenated alkanes) is 5. The topological polar surface area (TPSA) is 26.0 Å². The van der Waals surface area contributed by atoms with Gasteiger partial charge in [0.15, 0.2) is 0 Å². The highest BCUT2D eigenvalue weighted by molar-refractivity contribution is 5.25. The van der Waals surface area contributed by atoms with Crippen molar-refractivity contribution in [3.63, 3.8) is 0 Å². The van der Waals surface area contributed by atoms with E-state index in [2.05, 4.69) is 50.3 Å². The van der Waals surface area contributed by atoms with E-state index in [1.165, 1.54) is 56.1 Å². The van der Waals surface area contributed by atoms with Gasteiger partial charge in [0.1, 0.15) is 0 Å². The SMILES string of the molecule is CCCCCCCCc1ccc(CC2C=CCC2(N)CC)cc1. The van der Waals surface area contributed by atoms with Crippen molar-refractivity contribution in [3.8, 4) is 0 Å². The third-order valence-corrected chi connectivity index (χ3v) is 5.56. The van der Waals surface area contributed by atoms with Crippen molar-refractivity contribution in [3.05, 3.63) is 47.5 Å². The van der Waals surface area contributed by atoms with Crippen molar-refractivity contribution >= 4 is 0 Å². The van der Waals surface area contributed by atoms with Crippen molar-refractivity contribution in [1.29, 1.82) is 0 Å².